The van der Waals surface area contributed by atoms with Gasteiger partial charge in [0.25, 0.3) is 0 Å². The van der Waals surface area contributed by atoms with Gasteiger partial charge in [0.2, 0.25) is 5.91 Å². The van der Waals surface area contributed by atoms with E-state index in [0.29, 0.717) is 38.5 Å². The molecule has 0 aliphatic carbocycles. The summed E-state index contributed by atoms with van der Waals surface area (Å²) in [5.74, 6) is -0.697. The Balaban J connectivity index is 1.89. The van der Waals surface area contributed by atoms with Crippen LogP contribution < -0.4 is 5.32 Å². The zero-order valence-electron chi connectivity index (χ0n) is 15.9. The molecule has 2 rings (SSSR count). The van der Waals surface area contributed by atoms with Crippen LogP contribution in [0.5, 0.6) is 0 Å². The Morgan fingerprint density at radius 2 is 2.00 bits per heavy atom. The number of aliphatic carboxylic acids is 1. The average Bonchev–Trinajstić information content (AvgIpc) is 3.05. The highest BCUT2D eigenvalue weighted by atomic mass is 16.5. The van der Waals surface area contributed by atoms with Crippen LogP contribution in [0.25, 0.3) is 0 Å². The summed E-state index contributed by atoms with van der Waals surface area (Å²) in [6.45, 7) is 6.26. The summed E-state index contributed by atoms with van der Waals surface area (Å²) in [4.78, 5) is 39.5. The molecule has 2 aliphatic heterocycles. The van der Waals surface area contributed by atoms with Gasteiger partial charge in [-0.25, -0.2) is 9.59 Å². The van der Waals surface area contributed by atoms with E-state index >= 15 is 0 Å². The van der Waals surface area contributed by atoms with Crippen molar-refractivity contribution < 1.29 is 24.2 Å². The Morgan fingerprint density at radius 1 is 1.27 bits per heavy atom. The van der Waals surface area contributed by atoms with E-state index in [1.165, 1.54) is 12.0 Å². The average molecular weight is 369 g/mol. The van der Waals surface area contributed by atoms with Crippen LogP contribution in [-0.2, 0) is 14.3 Å². The minimum absolute atomic E-state index is 0.0667. The van der Waals surface area contributed by atoms with E-state index in [-0.39, 0.29) is 30.4 Å². The SMILES string of the molecule is COC1CC(C(=O)O)N(C(=O)CC2CCCN(C(=O)NCC(C)C)C2)C1. The number of nitrogens with zero attached hydrogens (tertiary/aromatic N) is 2. The summed E-state index contributed by atoms with van der Waals surface area (Å²) < 4.78 is 5.24. The molecule has 2 N–H and O–H groups in total. The van der Waals surface area contributed by atoms with E-state index in [1.807, 2.05) is 13.8 Å². The van der Waals surface area contributed by atoms with Crippen LogP contribution in [0.4, 0.5) is 4.79 Å². The van der Waals surface area contributed by atoms with Crippen molar-refractivity contribution in [3.63, 3.8) is 0 Å². The maximum atomic E-state index is 12.7. The van der Waals surface area contributed by atoms with Gasteiger partial charge in [0.1, 0.15) is 6.04 Å². The first-order chi connectivity index (χ1) is 12.3. The Morgan fingerprint density at radius 3 is 2.62 bits per heavy atom. The molecule has 8 heteroatoms. The van der Waals surface area contributed by atoms with Crippen molar-refractivity contribution in [2.24, 2.45) is 11.8 Å². The van der Waals surface area contributed by atoms with E-state index < -0.39 is 12.0 Å². The number of rotatable bonds is 6. The number of piperidine rings is 1. The quantitative estimate of drug-likeness (QED) is 0.732. The monoisotopic (exact) mass is 369 g/mol. The fourth-order valence-electron chi connectivity index (χ4n) is 3.66. The van der Waals surface area contributed by atoms with Crippen molar-refractivity contribution in [1.29, 1.82) is 0 Å². The molecule has 3 unspecified atom stereocenters. The third-order valence-corrected chi connectivity index (χ3v) is 5.13. The number of carboxylic acids is 1. The number of urea groups is 1. The molecular weight excluding hydrogens is 338 g/mol. The van der Waals surface area contributed by atoms with Crippen LogP contribution >= 0.6 is 0 Å². The summed E-state index contributed by atoms with van der Waals surface area (Å²) >= 11 is 0. The molecule has 148 valence electrons. The molecule has 2 aliphatic rings. The van der Waals surface area contributed by atoms with Crippen LogP contribution in [0.2, 0.25) is 0 Å². The van der Waals surface area contributed by atoms with Crippen molar-refractivity contribution in [1.82, 2.24) is 15.1 Å². The molecule has 0 saturated carbocycles. The number of likely N-dealkylation sites (tertiary alicyclic amines) is 2. The van der Waals surface area contributed by atoms with Gasteiger partial charge in [-0.3, -0.25) is 4.79 Å². The molecule has 0 aromatic rings. The topological polar surface area (TPSA) is 99.2 Å². The molecule has 3 amide bonds. The second-order valence-corrected chi connectivity index (χ2v) is 7.73. The number of ether oxygens (including phenoxy) is 1. The summed E-state index contributed by atoms with van der Waals surface area (Å²) in [5.41, 5.74) is 0. The first-order valence-corrected chi connectivity index (χ1v) is 9.39. The summed E-state index contributed by atoms with van der Waals surface area (Å²) in [6, 6.07) is -0.902. The largest absolute Gasteiger partial charge is 0.480 e. The van der Waals surface area contributed by atoms with Crippen LogP contribution in [0.15, 0.2) is 0 Å². The van der Waals surface area contributed by atoms with Gasteiger partial charge in [0, 0.05) is 46.1 Å². The molecule has 0 aromatic heterocycles. The standard InChI is InChI=1S/C18H31N3O5/c1-12(2)9-19-18(25)20-6-4-5-13(10-20)7-16(22)21-11-14(26-3)8-15(21)17(23)24/h12-15H,4-11H2,1-3H3,(H,19,25)(H,23,24). The van der Waals surface area contributed by atoms with Crippen molar-refractivity contribution >= 4 is 17.9 Å². The fraction of sp³-hybridized carbons (Fsp3) is 0.833. The molecule has 0 radical (unpaired) electrons. The van der Waals surface area contributed by atoms with Gasteiger partial charge in [-0.15, -0.1) is 0 Å². The lowest BCUT2D eigenvalue weighted by Crippen LogP contribution is -2.48. The van der Waals surface area contributed by atoms with Crippen LogP contribution in [0.3, 0.4) is 0 Å². The van der Waals surface area contributed by atoms with Gasteiger partial charge < -0.3 is 25.0 Å². The number of hydrogen-bond donors (Lipinski definition) is 2. The van der Waals surface area contributed by atoms with Crippen LogP contribution in [0, 0.1) is 11.8 Å². The maximum absolute atomic E-state index is 12.7. The molecule has 3 atom stereocenters. The highest BCUT2D eigenvalue weighted by molar-refractivity contribution is 5.84. The number of carboxylic acid groups (broad SMARTS) is 1. The Hall–Kier alpha value is -1.83. The third-order valence-electron chi connectivity index (χ3n) is 5.13. The lowest BCUT2D eigenvalue weighted by Gasteiger charge is -2.33. The zero-order valence-corrected chi connectivity index (χ0v) is 15.9. The molecule has 8 nitrogen and oxygen atoms in total. The molecule has 0 bridgehead atoms. The van der Waals surface area contributed by atoms with E-state index in [0.717, 1.165) is 12.8 Å². The number of carbonyl (C=O) groups is 3. The van der Waals surface area contributed by atoms with Gasteiger partial charge in [-0.1, -0.05) is 13.8 Å². The fourth-order valence-corrected chi connectivity index (χ4v) is 3.66. The number of amides is 3. The van der Waals surface area contributed by atoms with Gasteiger partial charge in [-0.05, 0) is 24.7 Å². The van der Waals surface area contributed by atoms with Gasteiger partial charge in [-0.2, -0.15) is 0 Å². The molecule has 26 heavy (non-hydrogen) atoms. The molecule has 2 fully saturated rings. The Kier molecular flexibility index (Phi) is 7.25. The number of nitrogens with one attached hydrogen (secondary N) is 1. The predicted molar refractivity (Wildman–Crippen MR) is 95.7 cm³/mol. The molecule has 2 heterocycles. The Labute approximate surface area is 154 Å². The first kappa shape index (κ1) is 20.5. The first-order valence-electron chi connectivity index (χ1n) is 9.39. The van der Waals surface area contributed by atoms with Gasteiger partial charge in [0.15, 0.2) is 0 Å². The second kappa shape index (κ2) is 9.21. The number of methoxy groups -OCH3 is 1. The molecule has 0 spiro atoms. The summed E-state index contributed by atoms with van der Waals surface area (Å²) in [5, 5.41) is 12.3. The van der Waals surface area contributed by atoms with Crippen LogP contribution in [0.1, 0.15) is 39.5 Å². The Bertz CT molecular complexity index is 525. The minimum Gasteiger partial charge on any atom is -0.480 e. The third kappa shape index (κ3) is 5.33. The summed E-state index contributed by atoms with van der Waals surface area (Å²) in [7, 11) is 1.53. The van der Waals surface area contributed by atoms with Crippen molar-refractivity contribution in [3.8, 4) is 0 Å². The van der Waals surface area contributed by atoms with Gasteiger partial charge >= 0.3 is 12.0 Å². The predicted octanol–water partition coefficient (Wildman–Crippen LogP) is 1.15. The lowest BCUT2D eigenvalue weighted by atomic mass is 9.94. The lowest BCUT2D eigenvalue weighted by molar-refractivity contribution is -0.148. The zero-order chi connectivity index (χ0) is 19.3. The molecule has 0 aromatic carbocycles. The summed E-state index contributed by atoms with van der Waals surface area (Å²) in [6.07, 6.45) is 2.10. The van der Waals surface area contributed by atoms with Crippen molar-refractivity contribution in [3.05, 3.63) is 0 Å². The molecule has 2 saturated heterocycles. The van der Waals surface area contributed by atoms with Crippen molar-refractivity contribution in [2.45, 2.75) is 51.7 Å². The smallest absolute Gasteiger partial charge is 0.326 e. The highest BCUT2D eigenvalue weighted by Crippen LogP contribution is 2.25. The van der Waals surface area contributed by atoms with Crippen molar-refractivity contribution in [2.75, 3.05) is 33.3 Å². The second-order valence-electron chi connectivity index (χ2n) is 7.73. The minimum atomic E-state index is -0.990. The molecular formula is C18H31N3O5. The van der Waals surface area contributed by atoms with Gasteiger partial charge in [0.05, 0.1) is 6.10 Å². The van der Waals surface area contributed by atoms with E-state index in [1.54, 1.807) is 4.90 Å². The van der Waals surface area contributed by atoms with Crippen LogP contribution in [-0.4, -0.2) is 78.2 Å². The maximum Gasteiger partial charge on any atom is 0.326 e. The number of carbonyl (C=O) groups excluding carboxylic acids is 2. The van der Waals surface area contributed by atoms with E-state index in [2.05, 4.69) is 5.32 Å². The van der Waals surface area contributed by atoms with E-state index in [9.17, 15) is 19.5 Å². The number of hydrogen-bond acceptors (Lipinski definition) is 4. The normalized spacial score (nSPS) is 26.2. The van der Waals surface area contributed by atoms with E-state index in [4.69, 9.17) is 4.74 Å². The highest BCUT2D eigenvalue weighted by Gasteiger charge is 2.40.